The molecule has 1 aromatic rings. The van der Waals surface area contributed by atoms with Gasteiger partial charge in [-0.1, -0.05) is 11.2 Å². The first-order valence-electron chi connectivity index (χ1n) is 6.23. The van der Waals surface area contributed by atoms with E-state index in [1.54, 1.807) is 0 Å². The van der Waals surface area contributed by atoms with Crippen molar-refractivity contribution in [3.8, 4) is 0 Å². The SMILES string of the molecule is Cc1cccnc1CNCC1(CC(N)=NO)CC1. The van der Waals surface area contributed by atoms with Gasteiger partial charge in [-0.2, -0.15) is 0 Å². The summed E-state index contributed by atoms with van der Waals surface area (Å²) in [6.07, 6.45) is 4.75. The van der Waals surface area contributed by atoms with Crippen molar-refractivity contribution < 1.29 is 5.21 Å². The Morgan fingerprint density at radius 2 is 2.39 bits per heavy atom. The number of pyridine rings is 1. The van der Waals surface area contributed by atoms with Crippen LogP contribution in [0.3, 0.4) is 0 Å². The second kappa shape index (κ2) is 5.35. The van der Waals surface area contributed by atoms with Gasteiger partial charge >= 0.3 is 0 Å². The Labute approximate surface area is 107 Å². The van der Waals surface area contributed by atoms with Crippen LogP contribution >= 0.6 is 0 Å². The molecular weight excluding hydrogens is 228 g/mol. The summed E-state index contributed by atoms with van der Waals surface area (Å²) >= 11 is 0. The number of aromatic nitrogens is 1. The topological polar surface area (TPSA) is 83.5 Å². The van der Waals surface area contributed by atoms with Crippen molar-refractivity contribution in [3.63, 3.8) is 0 Å². The van der Waals surface area contributed by atoms with E-state index in [2.05, 4.69) is 28.4 Å². The molecule has 5 heteroatoms. The first-order valence-corrected chi connectivity index (χ1v) is 6.23. The van der Waals surface area contributed by atoms with E-state index >= 15 is 0 Å². The summed E-state index contributed by atoms with van der Waals surface area (Å²) in [6, 6.07) is 4.01. The van der Waals surface area contributed by atoms with E-state index in [4.69, 9.17) is 10.9 Å². The van der Waals surface area contributed by atoms with Gasteiger partial charge in [0.05, 0.1) is 5.69 Å². The standard InChI is InChI=1S/C13H20N4O/c1-10-3-2-6-16-11(10)8-15-9-13(4-5-13)7-12(14)17-18/h2-3,6,15,18H,4-5,7-9H2,1H3,(H2,14,17). The highest BCUT2D eigenvalue weighted by molar-refractivity contribution is 5.80. The van der Waals surface area contributed by atoms with Crippen molar-refractivity contribution in [3.05, 3.63) is 29.6 Å². The van der Waals surface area contributed by atoms with Crippen LogP contribution in [-0.4, -0.2) is 22.6 Å². The molecule has 0 unspecified atom stereocenters. The molecular formula is C13H20N4O. The highest BCUT2D eigenvalue weighted by atomic mass is 16.4. The average Bonchev–Trinajstić information content (AvgIpc) is 3.11. The summed E-state index contributed by atoms with van der Waals surface area (Å²) in [7, 11) is 0. The molecule has 0 saturated heterocycles. The van der Waals surface area contributed by atoms with Crippen molar-refractivity contribution in [2.24, 2.45) is 16.3 Å². The van der Waals surface area contributed by atoms with Crippen molar-refractivity contribution in [2.45, 2.75) is 32.7 Å². The molecule has 1 saturated carbocycles. The largest absolute Gasteiger partial charge is 0.409 e. The average molecular weight is 248 g/mol. The monoisotopic (exact) mass is 248 g/mol. The van der Waals surface area contributed by atoms with Crippen LogP contribution in [-0.2, 0) is 6.54 Å². The van der Waals surface area contributed by atoms with Gasteiger partial charge in [-0.05, 0) is 36.8 Å². The van der Waals surface area contributed by atoms with Gasteiger partial charge in [0, 0.05) is 25.7 Å². The Balaban J connectivity index is 1.81. The Morgan fingerprint density at radius 3 is 3.00 bits per heavy atom. The van der Waals surface area contributed by atoms with Crippen LogP contribution in [0.5, 0.6) is 0 Å². The maximum Gasteiger partial charge on any atom is 0.139 e. The molecule has 0 radical (unpaired) electrons. The normalized spacial score (nSPS) is 17.7. The molecule has 0 aliphatic heterocycles. The van der Waals surface area contributed by atoms with E-state index < -0.39 is 0 Å². The molecule has 0 spiro atoms. The number of aryl methyl sites for hydroxylation is 1. The molecule has 1 heterocycles. The lowest BCUT2D eigenvalue weighted by Gasteiger charge is -2.15. The lowest BCUT2D eigenvalue weighted by Crippen LogP contribution is -2.28. The molecule has 98 valence electrons. The molecule has 0 atom stereocenters. The van der Waals surface area contributed by atoms with Crippen molar-refractivity contribution in [1.29, 1.82) is 0 Å². The molecule has 1 aliphatic rings. The minimum Gasteiger partial charge on any atom is -0.409 e. The van der Waals surface area contributed by atoms with Crippen LogP contribution in [0.15, 0.2) is 23.5 Å². The molecule has 4 N–H and O–H groups in total. The van der Waals surface area contributed by atoms with Gasteiger partial charge in [0.2, 0.25) is 0 Å². The minimum absolute atomic E-state index is 0.193. The molecule has 1 aliphatic carbocycles. The van der Waals surface area contributed by atoms with E-state index in [1.165, 1.54) is 5.56 Å². The summed E-state index contributed by atoms with van der Waals surface area (Å²) in [5.74, 6) is 0.323. The minimum atomic E-state index is 0.193. The van der Waals surface area contributed by atoms with Gasteiger partial charge in [-0.25, -0.2) is 0 Å². The van der Waals surface area contributed by atoms with Crippen LogP contribution in [0.4, 0.5) is 0 Å². The zero-order valence-electron chi connectivity index (χ0n) is 10.7. The predicted octanol–water partition coefficient (Wildman–Crippen LogP) is 1.40. The van der Waals surface area contributed by atoms with Crippen LogP contribution in [0.2, 0.25) is 0 Å². The Morgan fingerprint density at radius 1 is 1.61 bits per heavy atom. The Hall–Kier alpha value is -1.62. The molecule has 1 aromatic heterocycles. The van der Waals surface area contributed by atoms with Gasteiger partial charge in [-0.15, -0.1) is 0 Å². The molecule has 18 heavy (non-hydrogen) atoms. The molecule has 2 rings (SSSR count). The van der Waals surface area contributed by atoms with Gasteiger partial charge in [-0.3, -0.25) is 4.98 Å². The summed E-state index contributed by atoms with van der Waals surface area (Å²) < 4.78 is 0. The van der Waals surface area contributed by atoms with Gasteiger partial charge in [0.15, 0.2) is 0 Å². The summed E-state index contributed by atoms with van der Waals surface area (Å²) in [4.78, 5) is 4.34. The number of amidine groups is 1. The van der Waals surface area contributed by atoms with Crippen molar-refractivity contribution >= 4 is 5.84 Å². The summed E-state index contributed by atoms with van der Waals surface area (Å²) in [5, 5.41) is 15.1. The van der Waals surface area contributed by atoms with E-state index in [1.807, 2.05) is 12.3 Å². The fourth-order valence-corrected chi connectivity index (χ4v) is 2.16. The number of nitrogens with zero attached hydrogens (tertiary/aromatic N) is 2. The van der Waals surface area contributed by atoms with Crippen LogP contribution in [0, 0.1) is 12.3 Å². The number of nitrogens with two attached hydrogens (primary N) is 1. The highest BCUT2D eigenvalue weighted by Gasteiger charge is 2.42. The molecule has 5 nitrogen and oxygen atoms in total. The second-order valence-corrected chi connectivity index (χ2v) is 5.14. The number of oxime groups is 1. The quantitative estimate of drug-likeness (QED) is 0.307. The predicted molar refractivity (Wildman–Crippen MR) is 70.4 cm³/mol. The van der Waals surface area contributed by atoms with Crippen LogP contribution in [0.25, 0.3) is 0 Å². The number of nitrogens with one attached hydrogen (secondary N) is 1. The summed E-state index contributed by atoms with van der Waals surface area (Å²) in [6.45, 7) is 3.72. The van der Waals surface area contributed by atoms with Crippen molar-refractivity contribution in [1.82, 2.24) is 10.3 Å². The zero-order valence-corrected chi connectivity index (χ0v) is 10.7. The molecule has 0 amide bonds. The van der Waals surface area contributed by atoms with Crippen molar-refractivity contribution in [2.75, 3.05) is 6.54 Å². The lowest BCUT2D eigenvalue weighted by atomic mass is 10.0. The summed E-state index contributed by atoms with van der Waals surface area (Å²) in [5.41, 5.74) is 8.04. The van der Waals surface area contributed by atoms with Crippen LogP contribution in [0.1, 0.15) is 30.5 Å². The van der Waals surface area contributed by atoms with Gasteiger partial charge < -0.3 is 16.3 Å². The van der Waals surface area contributed by atoms with Gasteiger partial charge in [0.1, 0.15) is 5.84 Å². The molecule has 1 fully saturated rings. The van der Waals surface area contributed by atoms with E-state index in [0.29, 0.717) is 12.3 Å². The smallest absolute Gasteiger partial charge is 0.139 e. The molecule has 0 aromatic carbocycles. The number of rotatable bonds is 6. The van der Waals surface area contributed by atoms with E-state index in [-0.39, 0.29) is 5.41 Å². The fraction of sp³-hybridized carbons (Fsp3) is 0.538. The third-order valence-electron chi connectivity index (χ3n) is 3.55. The maximum absolute atomic E-state index is 8.60. The highest BCUT2D eigenvalue weighted by Crippen LogP contribution is 2.48. The Bertz CT molecular complexity index is 440. The zero-order chi connectivity index (χ0) is 13.0. The lowest BCUT2D eigenvalue weighted by molar-refractivity contribution is 0.314. The number of hydrogen-bond acceptors (Lipinski definition) is 4. The fourth-order valence-electron chi connectivity index (χ4n) is 2.16. The second-order valence-electron chi connectivity index (χ2n) is 5.14. The number of hydrogen-bond donors (Lipinski definition) is 3. The third-order valence-corrected chi connectivity index (χ3v) is 3.55. The van der Waals surface area contributed by atoms with E-state index in [0.717, 1.165) is 31.6 Å². The first-order chi connectivity index (χ1) is 8.65. The first kappa shape index (κ1) is 12.8. The van der Waals surface area contributed by atoms with Crippen LogP contribution < -0.4 is 11.1 Å². The van der Waals surface area contributed by atoms with Gasteiger partial charge in [0.25, 0.3) is 0 Å². The molecule has 0 bridgehead atoms. The van der Waals surface area contributed by atoms with E-state index in [9.17, 15) is 0 Å². The maximum atomic E-state index is 8.60. The Kier molecular flexibility index (Phi) is 3.81. The third kappa shape index (κ3) is 3.20.